The van der Waals surface area contributed by atoms with Crippen LogP contribution in [0.5, 0.6) is 5.75 Å². The van der Waals surface area contributed by atoms with Crippen molar-refractivity contribution in [1.82, 2.24) is 4.90 Å². The number of hydrogen-bond donors (Lipinski definition) is 0. The van der Waals surface area contributed by atoms with Crippen LogP contribution in [-0.4, -0.2) is 37.6 Å². The highest BCUT2D eigenvalue weighted by atomic mass is 19.1. The van der Waals surface area contributed by atoms with E-state index in [4.69, 9.17) is 4.74 Å². The van der Waals surface area contributed by atoms with E-state index in [-0.39, 0.29) is 11.9 Å². The summed E-state index contributed by atoms with van der Waals surface area (Å²) in [5.74, 6) is 1.24. The van der Waals surface area contributed by atoms with Crippen LogP contribution in [0.3, 0.4) is 0 Å². The van der Waals surface area contributed by atoms with Crippen molar-refractivity contribution in [2.75, 3.05) is 37.6 Å². The maximum absolute atomic E-state index is 13.2. The van der Waals surface area contributed by atoms with Gasteiger partial charge in [-0.15, -0.1) is 0 Å². The van der Waals surface area contributed by atoms with Crippen LogP contribution in [0.15, 0.2) is 72.8 Å². The third-order valence-corrected chi connectivity index (χ3v) is 6.46. The molecule has 4 rings (SSSR count). The van der Waals surface area contributed by atoms with Crippen LogP contribution in [-0.2, 0) is 0 Å². The van der Waals surface area contributed by atoms with Gasteiger partial charge in [-0.3, -0.25) is 4.90 Å². The number of ether oxygens (including phenoxy) is 1. The van der Waals surface area contributed by atoms with Gasteiger partial charge >= 0.3 is 0 Å². The number of benzene rings is 3. The van der Waals surface area contributed by atoms with E-state index >= 15 is 0 Å². The number of anilines is 1. The van der Waals surface area contributed by atoms with Crippen LogP contribution in [0.2, 0.25) is 0 Å². The van der Waals surface area contributed by atoms with E-state index in [0.29, 0.717) is 5.92 Å². The Morgan fingerprint density at radius 1 is 0.848 bits per heavy atom. The molecule has 1 unspecified atom stereocenters. The topological polar surface area (TPSA) is 15.7 Å². The smallest absolute Gasteiger partial charge is 0.125 e. The maximum Gasteiger partial charge on any atom is 0.125 e. The van der Waals surface area contributed by atoms with Crippen LogP contribution in [0, 0.1) is 12.7 Å². The lowest BCUT2D eigenvalue weighted by Gasteiger charge is -2.36. The molecule has 174 valence electrons. The highest BCUT2D eigenvalue weighted by Crippen LogP contribution is 2.29. The Morgan fingerprint density at radius 3 is 2.21 bits per heavy atom. The summed E-state index contributed by atoms with van der Waals surface area (Å²) in [4.78, 5) is 4.84. The fourth-order valence-electron chi connectivity index (χ4n) is 4.48. The average molecular weight is 447 g/mol. The Morgan fingerprint density at radius 2 is 1.55 bits per heavy atom. The van der Waals surface area contributed by atoms with Gasteiger partial charge in [-0.05, 0) is 65.9 Å². The number of aryl methyl sites for hydroxylation is 1. The van der Waals surface area contributed by atoms with Crippen molar-refractivity contribution in [2.45, 2.75) is 39.2 Å². The zero-order valence-corrected chi connectivity index (χ0v) is 20.0. The fourth-order valence-corrected chi connectivity index (χ4v) is 4.48. The van der Waals surface area contributed by atoms with Crippen molar-refractivity contribution >= 4 is 5.69 Å². The summed E-state index contributed by atoms with van der Waals surface area (Å²) in [7, 11) is 0. The lowest BCUT2D eigenvalue weighted by Crippen LogP contribution is -2.46. The standard InChI is InChI=1S/C29H35FN2O/c1-22(2)25-19-23(3)20-28(21-25)33-29(24-7-5-4-6-8-24)13-14-31-15-17-32(18-16-31)27-11-9-26(30)10-12-27/h4-12,19-22,29H,13-18H2,1-3H3. The normalized spacial score (nSPS) is 15.6. The van der Waals surface area contributed by atoms with Gasteiger partial charge in [0.2, 0.25) is 0 Å². The van der Waals surface area contributed by atoms with Gasteiger partial charge in [0, 0.05) is 44.8 Å². The highest BCUT2D eigenvalue weighted by molar-refractivity contribution is 5.46. The molecule has 1 aliphatic rings. The number of rotatable bonds is 8. The second kappa shape index (κ2) is 10.8. The fraction of sp³-hybridized carbons (Fsp3) is 0.379. The average Bonchev–Trinajstić information content (AvgIpc) is 2.83. The van der Waals surface area contributed by atoms with Gasteiger partial charge in [0.25, 0.3) is 0 Å². The molecule has 1 aliphatic heterocycles. The van der Waals surface area contributed by atoms with Crippen LogP contribution >= 0.6 is 0 Å². The Kier molecular flexibility index (Phi) is 7.66. The molecule has 0 aromatic heterocycles. The van der Waals surface area contributed by atoms with E-state index in [1.807, 2.05) is 12.1 Å². The van der Waals surface area contributed by atoms with E-state index in [2.05, 4.69) is 79.1 Å². The van der Waals surface area contributed by atoms with E-state index in [1.165, 1.54) is 16.7 Å². The third-order valence-electron chi connectivity index (χ3n) is 6.46. The second-order valence-electron chi connectivity index (χ2n) is 9.35. The van der Waals surface area contributed by atoms with E-state index in [0.717, 1.165) is 50.6 Å². The van der Waals surface area contributed by atoms with Gasteiger partial charge in [0.15, 0.2) is 0 Å². The van der Waals surface area contributed by atoms with Crippen LogP contribution in [0.4, 0.5) is 10.1 Å². The summed E-state index contributed by atoms with van der Waals surface area (Å²) in [6.07, 6.45) is 0.953. The summed E-state index contributed by atoms with van der Waals surface area (Å²) in [5.41, 5.74) is 4.87. The maximum atomic E-state index is 13.2. The first-order valence-electron chi connectivity index (χ1n) is 12.0. The Balaban J connectivity index is 1.39. The zero-order chi connectivity index (χ0) is 23.2. The molecule has 0 amide bonds. The Bertz CT molecular complexity index is 1010. The van der Waals surface area contributed by atoms with Crippen molar-refractivity contribution < 1.29 is 9.13 Å². The Hall–Kier alpha value is -2.85. The quantitative estimate of drug-likeness (QED) is 0.388. The molecule has 33 heavy (non-hydrogen) atoms. The predicted octanol–water partition coefficient (Wildman–Crippen LogP) is 6.59. The van der Waals surface area contributed by atoms with Gasteiger partial charge < -0.3 is 9.64 Å². The minimum absolute atomic E-state index is 0.0168. The molecule has 1 fully saturated rings. The molecule has 0 saturated carbocycles. The summed E-state index contributed by atoms with van der Waals surface area (Å²) in [5, 5.41) is 0. The minimum atomic E-state index is -0.182. The summed E-state index contributed by atoms with van der Waals surface area (Å²) >= 11 is 0. The van der Waals surface area contributed by atoms with Gasteiger partial charge in [-0.1, -0.05) is 50.2 Å². The van der Waals surface area contributed by atoms with Crippen molar-refractivity contribution in [1.29, 1.82) is 0 Å². The van der Waals surface area contributed by atoms with Crippen LogP contribution in [0.25, 0.3) is 0 Å². The van der Waals surface area contributed by atoms with Crippen molar-refractivity contribution in [3.63, 3.8) is 0 Å². The first-order chi connectivity index (χ1) is 16.0. The van der Waals surface area contributed by atoms with Gasteiger partial charge in [0.1, 0.15) is 17.7 Å². The van der Waals surface area contributed by atoms with Crippen molar-refractivity contribution in [3.8, 4) is 5.75 Å². The zero-order valence-electron chi connectivity index (χ0n) is 20.0. The number of piperazine rings is 1. The molecule has 0 aliphatic carbocycles. The second-order valence-corrected chi connectivity index (χ2v) is 9.35. The molecule has 0 radical (unpaired) electrons. The highest BCUT2D eigenvalue weighted by Gasteiger charge is 2.20. The monoisotopic (exact) mass is 446 g/mol. The van der Waals surface area contributed by atoms with Gasteiger partial charge in [-0.25, -0.2) is 4.39 Å². The Labute approximate surface area is 197 Å². The lowest BCUT2D eigenvalue weighted by atomic mass is 10.0. The summed E-state index contributed by atoms with van der Waals surface area (Å²) in [6, 6.07) is 24.0. The summed E-state index contributed by atoms with van der Waals surface area (Å²) < 4.78 is 19.8. The minimum Gasteiger partial charge on any atom is -0.486 e. The number of halogens is 1. The van der Waals surface area contributed by atoms with Gasteiger partial charge in [-0.2, -0.15) is 0 Å². The molecule has 3 aromatic carbocycles. The molecule has 3 nitrogen and oxygen atoms in total. The first-order valence-corrected chi connectivity index (χ1v) is 12.0. The molecule has 1 atom stereocenters. The summed E-state index contributed by atoms with van der Waals surface area (Å²) in [6.45, 7) is 11.5. The van der Waals surface area contributed by atoms with Crippen molar-refractivity contribution in [3.05, 3.63) is 95.3 Å². The molecular formula is C29H35FN2O. The predicted molar refractivity (Wildman–Crippen MR) is 135 cm³/mol. The molecule has 0 N–H and O–H groups in total. The van der Waals surface area contributed by atoms with Crippen LogP contribution in [0.1, 0.15) is 49.0 Å². The molecule has 1 saturated heterocycles. The van der Waals surface area contributed by atoms with Gasteiger partial charge in [0.05, 0.1) is 0 Å². The lowest BCUT2D eigenvalue weighted by molar-refractivity contribution is 0.160. The number of hydrogen-bond acceptors (Lipinski definition) is 3. The molecule has 1 heterocycles. The van der Waals surface area contributed by atoms with E-state index < -0.39 is 0 Å². The third kappa shape index (κ3) is 6.35. The first kappa shape index (κ1) is 23.3. The van der Waals surface area contributed by atoms with Crippen molar-refractivity contribution in [2.24, 2.45) is 0 Å². The molecule has 4 heteroatoms. The molecular weight excluding hydrogens is 411 g/mol. The largest absolute Gasteiger partial charge is 0.486 e. The molecule has 0 bridgehead atoms. The SMILES string of the molecule is Cc1cc(OC(CCN2CCN(c3ccc(F)cc3)CC2)c2ccccc2)cc(C(C)C)c1. The van der Waals surface area contributed by atoms with E-state index in [1.54, 1.807) is 12.1 Å². The van der Waals surface area contributed by atoms with Crippen LogP contribution < -0.4 is 9.64 Å². The van der Waals surface area contributed by atoms with E-state index in [9.17, 15) is 4.39 Å². The molecule has 3 aromatic rings. The molecule has 0 spiro atoms. The number of nitrogens with zero attached hydrogens (tertiary/aromatic N) is 2.